The average Bonchev–Trinajstić information content (AvgIpc) is 2.46. The number of hydrogen-bond donors (Lipinski definition) is 1. The summed E-state index contributed by atoms with van der Waals surface area (Å²) in [6.45, 7) is 3.68. The van der Waals surface area contributed by atoms with Crippen molar-refractivity contribution in [1.29, 1.82) is 0 Å². The maximum absolute atomic E-state index is 10.0. The monoisotopic (exact) mass is 265 g/mol. The van der Waals surface area contributed by atoms with Crippen molar-refractivity contribution >= 4 is 5.69 Å². The molecule has 106 valence electrons. The zero-order valence-corrected chi connectivity index (χ0v) is 11.9. The molecule has 0 aromatic heterocycles. The Kier molecular flexibility index (Phi) is 4.66. The first-order valence-electron chi connectivity index (χ1n) is 6.80. The first-order chi connectivity index (χ1) is 9.17. The SMILES string of the molecule is COc1cccc(N2CCC(OC)CC2)c1C(C)O. The summed E-state index contributed by atoms with van der Waals surface area (Å²) in [6.07, 6.45) is 1.86. The Hall–Kier alpha value is -1.26. The Morgan fingerprint density at radius 1 is 1.26 bits per heavy atom. The highest BCUT2D eigenvalue weighted by molar-refractivity contribution is 5.60. The van der Waals surface area contributed by atoms with E-state index in [1.807, 2.05) is 12.1 Å². The van der Waals surface area contributed by atoms with Crippen LogP contribution in [0.1, 0.15) is 31.4 Å². The van der Waals surface area contributed by atoms with Crippen LogP contribution in [0, 0.1) is 0 Å². The van der Waals surface area contributed by atoms with Crippen LogP contribution in [0.4, 0.5) is 5.69 Å². The van der Waals surface area contributed by atoms with Gasteiger partial charge in [-0.25, -0.2) is 0 Å². The maximum atomic E-state index is 10.0. The van der Waals surface area contributed by atoms with E-state index in [2.05, 4.69) is 11.0 Å². The van der Waals surface area contributed by atoms with Gasteiger partial charge in [-0.05, 0) is 31.9 Å². The molecular formula is C15H23NO3. The van der Waals surface area contributed by atoms with Gasteiger partial charge in [-0.3, -0.25) is 0 Å². The lowest BCUT2D eigenvalue weighted by molar-refractivity contribution is 0.0818. The molecule has 1 aliphatic rings. The van der Waals surface area contributed by atoms with Gasteiger partial charge < -0.3 is 19.5 Å². The molecule has 0 radical (unpaired) electrons. The third-order valence-electron chi connectivity index (χ3n) is 3.80. The third kappa shape index (κ3) is 3.01. The molecule has 1 atom stereocenters. The summed E-state index contributed by atoms with van der Waals surface area (Å²) in [5, 5.41) is 10.0. The molecule has 2 rings (SSSR count). The van der Waals surface area contributed by atoms with Crippen LogP contribution >= 0.6 is 0 Å². The summed E-state index contributed by atoms with van der Waals surface area (Å²) in [5.74, 6) is 0.751. The molecule has 0 spiro atoms. The Labute approximate surface area is 114 Å². The van der Waals surface area contributed by atoms with Crippen molar-refractivity contribution in [2.75, 3.05) is 32.2 Å². The molecule has 1 aromatic carbocycles. The van der Waals surface area contributed by atoms with Gasteiger partial charge in [-0.15, -0.1) is 0 Å². The Morgan fingerprint density at radius 3 is 2.47 bits per heavy atom. The molecule has 1 aromatic rings. The van der Waals surface area contributed by atoms with E-state index in [1.54, 1.807) is 21.1 Å². The van der Waals surface area contributed by atoms with E-state index in [1.165, 1.54) is 0 Å². The fourth-order valence-corrected chi connectivity index (χ4v) is 2.74. The summed E-state index contributed by atoms with van der Waals surface area (Å²) in [6, 6.07) is 5.92. The molecule has 1 unspecified atom stereocenters. The Morgan fingerprint density at radius 2 is 1.95 bits per heavy atom. The minimum atomic E-state index is -0.536. The maximum Gasteiger partial charge on any atom is 0.126 e. The van der Waals surface area contributed by atoms with E-state index in [0.717, 1.165) is 42.9 Å². The summed E-state index contributed by atoms with van der Waals surface area (Å²) < 4.78 is 10.8. The van der Waals surface area contributed by atoms with Crippen LogP contribution in [0.2, 0.25) is 0 Å². The van der Waals surface area contributed by atoms with Crippen LogP contribution in [-0.2, 0) is 4.74 Å². The molecular weight excluding hydrogens is 242 g/mol. The fraction of sp³-hybridized carbons (Fsp3) is 0.600. The van der Waals surface area contributed by atoms with Gasteiger partial charge in [0, 0.05) is 31.5 Å². The van der Waals surface area contributed by atoms with Crippen molar-refractivity contribution in [2.45, 2.75) is 32.0 Å². The van der Waals surface area contributed by atoms with Crippen molar-refractivity contribution in [3.05, 3.63) is 23.8 Å². The molecule has 19 heavy (non-hydrogen) atoms. The molecule has 1 fully saturated rings. The average molecular weight is 265 g/mol. The lowest BCUT2D eigenvalue weighted by Gasteiger charge is -2.35. The Balaban J connectivity index is 2.25. The summed E-state index contributed by atoms with van der Waals surface area (Å²) in [5.41, 5.74) is 1.95. The van der Waals surface area contributed by atoms with E-state index in [-0.39, 0.29) is 0 Å². The van der Waals surface area contributed by atoms with Gasteiger partial charge in [0.05, 0.1) is 19.3 Å². The van der Waals surface area contributed by atoms with Crippen LogP contribution in [0.25, 0.3) is 0 Å². The van der Waals surface area contributed by atoms with Crippen LogP contribution in [-0.4, -0.2) is 38.5 Å². The largest absolute Gasteiger partial charge is 0.496 e. The number of aliphatic hydroxyl groups is 1. The van der Waals surface area contributed by atoms with Gasteiger partial charge in [0.2, 0.25) is 0 Å². The quantitative estimate of drug-likeness (QED) is 0.907. The van der Waals surface area contributed by atoms with E-state index >= 15 is 0 Å². The molecule has 0 aliphatic carbocycles. The summed E-state index contributed by atoms with van der Waals surface area (Å²) >= 11 is 0. The molecule has 1 saturated heterocycles. The first-order valence-corrected chi connectivity index (χ1v) is 6.80. The number of anilines is 1. The standard InChI is InChI=1S/C15H23NO3/c1-11(17)15-13(5-4-6-14(15)19-3)16-9-7-12(18-2)8-10-16/h4-6,11-12,17H,7-10H2,1-3H3. The molecule has 1 N–H and O–H groups in total. The smallest absolute Gasteiger partial charge is 0.126 e. The molecule has 0 amide bonds. The topological polar surface area (TPSA) is 41.9 Å². The molecule has 4 nitrogen and oxygen atoms in total. The lowest BCUT2D eigenvalue weighted by Crippen LogP contribution is -2.37. The molecule has 1 heterocycles. The minimum absolute atomic E-state index is 0.358. The number of hydrogen-bond acceptors (Lipinski definition) is 4. The number of ether oxygens (including phenoxy) is 2. The van der Waals surface area contributed by atoms with E-state index in [0.29, 0.717) is 6.10 Å². The molecule has 1 aliphatic heterocycles. The van der Waals surface area contributed by atoms with Crippen LogP contribution < -0.4 is 9.64 Å². The number of nitrogens with zero attached hydrogens (tertiary/aromatic N) is 1. The highest BCUT2D eigenvalue weighted by Crippen LogP contribution is 2.35. The van der Waals surface area contributed by atoms with Crippen LogP contribution in [0.5, 0.6) is 5.75 Å². The second kappa shape index (κ2) is 6.26. The first kappa shape index (κ1) is 14.2. The predicted molar refractivity (Wildman–Crippen MR) is 75.9 cm³/mol. The van der Waals surface area contributed by atoms with E-state index < -0.39 is 6.10 Å². The van der Waals surface area contributed by atoms with Gasteiger partial charge >= 0.3 is 0 Å². The van der Waals surface area contributed by atoms with Gasteiger partial charge in [0.15, 0.2) is 0 Å². The lowest BCUT2D eigenvalue weighted by atomic mass is 10.0. The third-order valence-corrected chi connectivity index (χ3v) is 3.80. The number of piperidine rings is 1. The summed E-state index contributed by atoms with van der Waals surface area (Å²) in [7, 11) is 3.41. The zero-order valence-electron chi connectivity index (χ0n) is 11.9. The number of benzene rings is 1. The number of methoxy groups -OCH3 is 2. The van der Waals surface area contributed by atoms with Crippen molar-refractivity contribution in [2.24, 2.45) is 0 Å². The van der Waals surface area contributed by atoms with Crippen molar-refractivity contribution in [3.63, 3.8) is 0 Å². The predicted octanol–water partition coefficient (Wildman–Crippen LogP) is 2.36. The van der Waals surface area contributed by atoms with Gasteiger partial charge in [0.25, 0.3) is 0 Å². The Bertz CT molecular complexity index is 412. The van der Waals surface area contributed by atoms with Crippen molar-refractivity contribution in [1.82, 2.24) is 0 Å². The molecule has 0 saturated carbocycles. The van der Waals surface area contributed by atoms with E-state index in [4.69, 9.17) is 9.47 Å². The van der Waals surface area contributed by atoms with Gasteiger partial charge in [-0.2, -0.15) is 0 Å². The van der Waals surface area contributed by atoms with Crippen molar-refractivity contribution < 1.29 is 14.6 Å². The number of aliphatic hydroxyl groups excluding tert-OH is 1. The second-order valence-electron chi connectivity index (χ2n) is 4.99. The zero-order chi connectivity index (χ0) is 13.8. The normalized spacial score (nSPS) is 18.4. The second-order valence-corrected chi connectivity index (χ2v) is 4.99. The van der Waals surface area contributed by atoms with Gasteiger partial charge in [0.1, 0.15) is 5.75 Å². The summed E-state index contributed by atoms with van der Waals surface area (Å²) in [4.78, 5) is 2.31. The van der Waals surface area contributed by atoms with Crippen molar-refractivity contribution in [3.8, 4) is 5.75 Å². The molecule has 0 bridgehead atoms. The van der Waals surface area contributed by atoms with Crippen LogP contribution in [0.3, 0.4) is 0 Å². The molecule has 4 heteroatoms. The fourth-order valence-electron chi connectivity index (χ4n) is 2.74. The van der Waals surface area contributed by atoms with E-state index in [9.17, 15) is 5.11 Å². The minimum Gasteiger partial charge on any atom is -0.496 e. The highest BCUT2D eigenvalue weighted by Gasteiger charge is 2.23. The van der Waals surface area contributed by atoms with Crippen LogP contribution in [0.15, 0.2) is 18.2 Å². The van der Waals surface area contributed by atoms with Gasteiger partial charge in [-0.1, -0.05) is 6.07 Å². The number of rotatable bonds is 4. The highest BCUT2D eigenvalue weighted by atomic mass is 16.5.